The predicted molar refractivity (Wildman–Crippen MR) is 85.2 cm³/mol. The van der Waals surface area contributed by atoms with Crippen LogP contribution in [0.1, 0.15) is 11.1 Å². The number of sulfonamides is 1. The van der Waals surface area contributed by atoms with Crippen molar-refractivity contribution in [1.82, 2.24) is 4.31 Å². The lowest BCUT2D eigenvalue weighted by Crippen LogP contribution is -2.54. The molecule has 1 heterocycles. The zero-order valence-corrected chi connectivity index (χ0v) is 14.2. The van der Waals surface area contributed by atoms with Gasteiger partial charge in [-0.3, -0.25) is 0 Å². The van der Waals surface area contributed by atoms with Crippen LogP contribution in [0.3, 0.4) is 0 Å². The van der Waals surface area contributed by atoms with Crippen LogP contribution in [0.5, 0.6) is 0 Å². The van der Waals surface area contributed by atoms with Gasteiger partial charge in [0, 0.05) is 13.1 Å². The average molecular weight is 389 g/mol. The Hall–Kier alpha value is -1.97. The molecule has 3 rings (SSSR count). The van der Waals surface area contributed by atoms with Crippen molar-refractivity contribution < 1.29 is 30.7 Å². The number of hydrogen-bond donors (Lipinski definition) is 0. The van der Waals surface area contributed by atoms with Gasteiger partial charge in [-0.2, -0.15) is 17.5 Å². The number of alkyl halides is 3. The van der Waals surface area contributed by atoms with Crippen LogP contribution >= 0.6 is 0 Å². The van der Waals surface area contributed by atoms with Crippen LogP contribution in [0, 0.1) is 5.82 Å². The Morgan fingerprint density at radius 1 is 1.08 bits per heavy atom. The van der Waals surface area contributed by atoms with Gasteiger partial charge in [0.1, 0.15) is 5.82 Å². The Morgan fingerprint density at radius 2 is 1.77 bits per heavy atom. The molecule has 0 saturated carbocycles. The number of hydrogen-bond acceptors (Lipinski definition) is 3. The first-order valence-corrected chi connectivity index (χ1v) is 9.14. The third-order valence-electron chi connectivity index (χ3n) is 4.00. The summed E-state index contributed by atoms with van der Waals surface area (Å²) in [6, 6.07) is 9.86. The molecule has 4 nitrogen and oxygen atoms in total. The molecule has 2 aromatic rings. The monoisotopic (exact) mass is 389 g/mol. The smallest absolute Gasteiger partial charge is 0.371 e. The lowest BCUT2D eigenvalue weighted by molar-refractivity contribution is -0.140. The lowest BCUT2D eigenvalue weighted by atomic mass is 10.2. The summed E-state index contributed by atoms with van der Waals surface area (Å²) >= 11 is 0. The summed E-state index contributed by atoms with van der Waals surface area (Å²) in [6.45, 7) is -0.0108. The van der Waals surface area contributed by atoms with E-state index in [0.717, 1.165) is 22.5 Å². The van der Waals surface area contributed by atoms with Crippen molar-refractivity contribution in [2.45, 2.75) is 23.8 Å². The standard InChI is InChI=1S/C17H15F4NO3S/c18-13-5-3-4-12(8-13)11-25-14-9-22(10-14)26(23,24)16-7-2-1-6-15(16)17(19,20)21/h1-8,14H,9-11H2. The van der Waals surface area contributed by atoms with Gasteiger partial charge in [-0.15, -0.1) is 0 Å². The minimum absolute atomic E-state index is 0.0517. The lowest BCUT2D eigenvalue weighted by Gasteiger charge is -2.38. The largest absolute Gasteiger partial charge is 0.417 e. The van der Waals surface area contributed by atoms with Crippen LogP contribution in [0.15, 0.2) is 53.4 Å². The first-order chi connectivity index (χ1) is 12.2. The SMILES string of the molecule is O=S(=O)(c1ccccc1C(F)(F)F)N1CC(OCc2cccc(F)c2)C1. The van der Waals surface area contributed by atoms with Gasteiger partial charge < -0.3 is 4.74 Å². The molecule has 9 heteroatoms. The van der Waals surface area contributed by atoms with Crippen LogP contribution < -0.4 is 0 Å². The molecule has 1 fully saturated rings. The molecule has 140 valence electrons. The normalized spacial score (nSPS) is 16.5. The third kappa shape index (κ3) is 3.89. The number of ether oxygens (including phenoxy) is 1. The van der Waals surface area contributed by atoms with E-state index in [-0.39, 0.29) is 19.7 Å². The van der Waals surface area contributed by atoms with E-state index in [1.54, 1.807) is 6.07 Å². The van der Waals surface area contributed by atoms with Crippen molar-refractivity contribution in [1.29, 1.82) is 0 Å². The molecule has 0 radical (unpaired) electrons. The van der Waals surface area contributed by atoms with E-state index in [1.807, 2.05) is 0 Å². The molecule has 0 N–H and O–H groups in total. The molecule has 0 atom stereocenters. The van der Waals surface area contributed by atoms with Crippen LogP contribution in [0.4, 0.5) is 17.6 Å². The first-order valence-electron chi connectivity index (χ1n) is 7.70. The maximum atomic E-state index is 13.1. The van der Waals surface area contributed by atoms with Crippen LogP contribution in [0.2, 0.25) is 0 Å². The molecular formula is C17H15F4NO3S. The second kappa shape index (κ2) is 6.98. The van der Waals surface area contributed by atoms with Crippen molar-refractivity contribution in [3.8, 4) is 0 Å². The Kier molecular flexibility index (Phi) is 5.05. The quantitative estimate of drug-likeness (QED) is 0.736. The third-order valence-corrected chi connectivity index (χ3v) is 5.89. The van der Waals surface area contributed by atoms with Crippen molar-refractivity contribution >= 4 is 10.0 Å². The minimum Gasteiger partial charge on any atom is -0.371 e. The fourth-order valence-electron chi connectivity index (χ4n) is 2.61. The van der Waals surface area contributed by atoms with Gasteiger partial charge in [0.25, 0.3) is 0 Å². The molecule has 1 aliphatic rings. The molecule has 0 amide bonds. The fraction of sp³-hybridized carbons (Fsp3) is 0.294. The van der Waals surface area contributed by atoms with Crippen LogP contribution in [0.25, 0.3) is 0 Å². The van der Waals surface area contributed by atoms with Gasteiger partial charge >= 0.3 is 6.18 Å². The van der Waals surface area contributed by atoms with E-state index in [9.17, 15) is 26.0 Å². The molecule has 0 aliphatic carbocycles. The van der Waals surface area contributed by atoms with E-state index in [2.05, 4.69) is 0 Å². The van der Waals surface area contributed by atoms with Gasteiger partial charge in [-0.05, 0) is 29.8 Å². The van der Waals surface area contributed by atoms with Crippen LogP contribution in [-0.4, -0.2) is 31.9 Å². The van der Waals surface area contributed by atoms with Crippen molar-refractivity contribution in [3.63, 3.8) is 0 Å². The summed E-state index contributed by atoms with van der Waals surface area (Å²) < 4.78 is 83.6. The fourth-order valence-corrected chi connectivity index (χ4v) is 4.32. The van der Waals surface area contributed by atoms with Gasteiger partial charge in [0.05, 0.1) is 23.2 Å². The molecule has 0 spiro atoms. The molecule has 0 bridgehead atoms. The molecular weight excluding hydrogens is 374 g/mol. The predicted octanol–water partition coefficient (Wildman–Crippen LogP) is 3.43. The zero-order chi connectivity index (χ0) is 18.9. The van der Waals surface area contributed by atoms with Crippen molar-refractivity contribution in [3.05, 3.63) is 65.5 Å². The highest BCUT2D eigenvalue weighted by Gasteiger charge is 2.42. The maximum absolute atomic E-state index is 13.1. The van der Waals surface area contributed by atoms with Crippen molar-refractivity contribution in [2.75, 3.05) is 13.1 Å². The van der Waals surface area contributed by atoms with E-state index in [1.165, 1.54) is 24.3 Å². The summed E-state index contributed by atoms with van der Waals surface area (Å²) in [7, 11) is -4.27. The summed E-state index contributed by atoms with van der Waals surface area (Å²) in [5.74, 6) is -0.410. The molecule has 0 unspecified atom stereocenters. The van der Waals surface area contributed by atoms with Crippen LogP contribution in [-0.2, 0) is 27.5 Å². The summed E-state index contributed by atoms with van der Waals surface area (Å²) in [6.07, 6.45) is -5.21. The van der Waals surface area contributed by atoms with Gasteiger partial charge in [-0.25, -0.2) is 12.8 Å². The second-order valence-electron chi connectivity index (χ2n) is 5.88. The van der Waals surface area contributed by atoms with Gasteiger partial charge in [0.15, 0.2) is 0 Å². The Morgan fingerprint density at radius 3 is 2.42 bits per heavy atom. The zero-order valence-electron chi connectivity index (χ0n) is 13.4. The van der Waals surface area contributed by atoms with E-state index >= 15 is 0 Å². The Balaban J connectivity index is 1.65. The molecule has 26 heavy (non-hydrogen) atoms. The highest BCUT2D eigenvalue weighted by atomic mass is 32.2. The summed E-state index contributed by atoms with van der Waals surface area (Å²) in [4.78, 5) is -0.768. The summed E-state index contributed by atoms with van der Waals surface area (Å²) in [5.41, 5.74) is -0.599. The number of halogens is 4. The minimum atomic E-state index is -4.76. The Labute approximate surface area is 148 Å². The number of nitrogens with zero attached hydrogens (tertiary/aromatic N) is 1. The highest BCUT2D eigenvalue weighted by Crippen LogP contribution is 2.36. The maximum Gasteiger partial charge on any atom is 0.417 e. The first kappa shape index (κ1) is 18.8. The molecule has 0 aromatic heterocycles. The average Bonchev–Trinajstić information content (AvgIpc) is 2.52. The van der Waals surface area contributed by atoms with E-state index < -0.39 is 38.6 Å². The number of rotatable bonds is 5. The van der Waals surface area contributed by atoms with Gasteiger partial charge in [0.2, 0.25) is 10.0 Å². The number of benzene rings is 2. The summed E-state index contributed by atoms with van der Waals surface area (Å²) in [5, 5.41) is 0. The Bertz CT molecular complexity index is 893. The van der Waals surface area contributed by atoms with Crippen molar-refractivity contribution in [2.24, 2.45) is 0 Å². The highest BCUT2D eigenvalue weighted by molar-refractivity contribution is 7.89. The topological polar surface area (TPSA) is 46.6 Å². The van der Waals surface area contributed by atoms with Gasteiger partial charge in [-0.1, -0.05) is 24.3 Å². The van der Waals surface area contributed by atoms with E-state index in [4.69, 9.17) is 4.74 Å². The molecule has 1 saturated heterocycles. The van der Waals surface area contributed by atoms with E-state index in [0.29, 0.717) is 5.56 Å². The second-order valence-corrected chi connectivity index (χ2v) is 7.79. The molecule has 2 aromatic carbocycles. The molecule has 1 aliphatic heterocycles.